The first-order valence-corrected chi connectivity index (χ1v) is 7.27. The standard InChI is InChI=1S/C14H17NO4S/c1-9(10-6-7-19-8-10)15-14(18)12-4-2-11(20-12)3-5-13(16)17/h2-5,9-10H,6-8H2,1H3,(H,15,18)(H,16,17)/b5-3+. The van der Waals surface area contributed by atoms with Gasteiger partial charge >= 0.3 is 5.97 Å². The molecule has 1 amide bonds. The van der Waals surface area contributed by atoms with Crippen molar-refractivity contribution in [2.45, 2.75) is 19.4 Å². The Hall–Kier alpha value is -1.66. The summed E-state index contributed by atoms with van der Waals surface area (Å²) < 4.78 is 5.31. The lowest BCUT2D eigenvalue weighted by atomic mass is 10.0. The first-order valence-electron chi connectivity index (χ1n) is 6.45. The van der Waals surface area contributed by atoms with Crippen LogP contribution in [0.15, 0.2) is 18.2 Å². The minimum absolute atomic E-state index is 0.0742. The van der Waals surface area contributed by atoms with E-state index in [1.54, 1.807) is 12.1 Å². The lowest BCUT2D eigenvalue weighted by Gasteiger charge is -2.18. The molecule has 0 spiro atoms. The number of thiophene rings is 1. The monoisotopic (exact) mass is 295 g/mol. The molecule has 2 rings (SSSR count). The molecule has 1 aromatic heterocycles. The topological polar surface area (TPSA) is 75.6 Å². The van der Waals surface area contributed by atoms with E-state index < -0.39 is 5.97 Å². The third-order valence-corrected chi connectivity index (χ3v) is 4.32. The maximum atomic E-state index is 12.1. The molecule has 1 aromatic rings. The zero-order chi connectivity index (χ0) is 14.5. The van der Waals surface area contributed by atoms with Gasteiger partial charge in [0.05, 0.1) is 11.5 Å². The van der Waals surface area contributed by atoms with Crippen LogP contribution in [0.25, 0.3) is 6.08 Å². The molecule has 2 heterocycles. The molecule has 6 heteroatoms. The quantitative estimate of drug-likeness (QED) is 0.815. The van der Waals surface area contributed by atoms with Gasteiger partial charge in [0, 0.05) is 29.5 Å². The van der Waals surface area contributed by atoms with E-state index in [4.69, 9.17) is 9.84 Å². The number of hydrogen-bond donors (Lipinski definition) is 2. The average molecular weight is 295 g/mol. The van der Waals surface area contributed by atoms with Gasteiger partial charge in [0.25, 0.3) is 5.91 Å². The third kappa shape index (κ3) is 3.91. The highest BCUT2D eigenvalue weighted by Crippen LogP contribution is 2.20. The number of carboxylic acids is 1. The highest BCUT2D eigenvalue weighted by atomic mass is 32.1. The molecule has 0 aliphatic carbocycles. The zero-order valence-electron chi connectivity index (χ0n) is 11.2. The smallest absolute Gasteiger partial charge is 0.328 e. The van der Waals surface area contributed by atoms with Crippen LogP contribution in [0.4, 0.5) is 0 Å². The fourth-order valence-corrected chi connectivity index (χ4v) is 2.87. The molecule has 0 aromatic carbocycles. The van der Waals surface area contributed by atoms with Gasteiger partial charge in [0.15, 0.2) is 0 Å². The Bertz CT molecular complexity index is 517. The van der Waals surface area contributed by atoms with E-state index in [-0.39, 0.29) is 11.9 Å². The number of aliphatic carboxylic acids is 1. The molecule has 0 radical (unpaired) electrons. The van der Waals surface area contributed by atoms with Crippen LogP contribution < -0.4 is 5.32 Å². The second-order valence-electron chi connectivity index (χ2n) is 4.76. The fraction of sp³-hybridized carbons (Fsp3) is 0.429. The van der Waals surface area contributed by atoms with Crippen LogP contribution in [-0.4, -0.2) is 36.2 Å². The van der Waals surface area contributed by atoms with Gasteiger partial charge in [-0.05, 0) is 31.6 Å². The Kier molecular flexibility index (Phi) is 4.92. The summed E-state index contributed by atoms with van der Waals surface area (Å²) in [7, 11) is 0. The Morgan fingerprint density at radius 3 is 3.00 bits per heavy atom. The second-order valence-corrected chi connectivity index (χ2v) is 5.87. The SMILES string of the molecule is CC(NC(=O)c1ccc(/C=C/C(=O)O)s1)C1CCOC1. The predicted molar refractivity (Wildman–Crippen MR) is 76.8 cm³/mol. The van der Waals surface area contributed by atoms with Crippen LogP contribution >= 0.6 is 11.3 Å². The minimum Gasteiger partial charge on any atom is -0.478 e. The molecule has 2 N–H and O–H groups in total. The van der Waals surface area contributed by atoms with Crippen molar-refractivity contribution >= 4 is 29.3 Å². The van der Waals surface area contributed by atoms with Crippen molar-refractivity contribution in [3.05, 3.63) is 28.0 Å². The zero-order valence-corrected chi connectivity index (χ0v) is 12.0. The predicted octanol–water partition coefficient (Wildman–Crippen LogP) is 2.00. The second kappa shape index (κ2) is 6.67. The van der Waals surface area contributed by atoms with Gasteiger partial charge in [-0.25, -0.2) is 4.79 Å². The summed E-state index contributed by atoms with van der Waals surface area (Å²) in [5, 5.41) is 11.5. The molecule has 0 bridgehead atoms. The van der Waals surface area contributed by atoms with Crippen LogP contribution in [0.5, 0.6) is 0 Å². The van der Waals surface area contributed by atoms with Crippen molar-refractivity contribution in [2.75, 3.05) is 13.2 Å². The van der Waals surface area contributed by atoms with E-state index in [2.05, 4.69) is 5.32 Å². The molecule has 20 heavy (non-hydrogen) atoms. The van der Waals surface area contributed by atoms with Gasteiger partial charge < -0.3 is 15.2 Å². The lowest BCUT2D eigenvalue weighted by Crippen LogP contribution is -2.38. The Morgan fingerprint density at radius 2 is 2.35 bits per heavy atom. The van der Waals surface area contributed by atoms with Gasteiger partial charge in [-0.1, -0.05) is 0 Å². The molecule has 2 unspecified atom stereocenters. The summed E-state index contributed by atoms with van der Waals surface area (Å²) in [6.45, 7) is 3.43. The van der Waals surface area contributed by atoms with Gasteiger partial charge in [0.2, 0.25) is 0 Å². The van der Waals surface area contributed by atoms with Crippen LogP contribution in [0.2, 0.25) is 0 Å². The van der Waals surface area contributed by atoms with E-state index in [1.165, 1.54) is 17.4 Å². The van der Waals surface area contributed by atoms with E-state index in [1.807, 2.05) is 6.92 Å². The van der Waals surface area contributed by atoms with Crippen molar-refractivity contribution < 1.29 is 19.4 Å². The van der Waals surface area contributed by atoms with Crippen LogP contribution in [0.3, 0.4) is 0 Å². The average Bonchev–Trinajstić information content (AvgIpc) is 3.07. The summed E-state index contributed by atoms with van der Waals surface area (Å²) in [5.41, 5.74) is 0. The summed E-state index contributed by atoms with van der Waals surface area (Å²) in [6.07, 6.45) is 3.52. The van der Waals surface area contributed by atoms with Crippen molar-refractivity contribution in [1.29, 1.82) is 0 Å². The first kappa shape index (κ1) is 14.7. The molecule has 0 saturated carbocycles. The number of carboxylic acid groups (broad SMARTS) is 1. The molecule has 1 saturated heterocycles. The van der Waals surface area contributed by atoms with Crippen molar-refractivity contribution in [1.82, 2.24) is 5.32 Å². The largest absolute Gasteiger partial charge is 0.478 e. The summed E-state index contributed by atoms with van der Waals surface area (Å²) in [4.78, 5) is 23.8. The minimum atomic E-state index is -1.00. The van der Waals surface area contributed by atoms with Gasteiger partial charge in [-0.3, -0.25) is 4.79 Å². The van der Waals surface area contributed by atoms with Crippen molar-refractivity contribution in [2.24, 2.45) is 5.92 Å². The van der Waals surface area contributed by atoms with E-state index in [0.717, 1.165) is 24.0 Å². The first-order chi connectivity index (χ1) is 9.56. The number of carbonyl (C=O) groups is 2. The molecule has 2 atom stereocenters. The fourth-order valence-electron chi connectivity index (χ4n) is 2.06. The molecule has 1 aliphatic heterocycles. The molecule has 1 fully saturated rings. The molecule has 108 valence electrons. The normalized spacial score (nSPS) is 20.1. The van der Waals surface area contributed by atoms with Crippen LogP contribution in [0, 0.1) is 5.92 Å². The number of carbonyl (C=O) groups excluding carboxylic acids is 1. The number of nitrogens with one attached hydrogen (secondary N) is 1. The molecular weight excluding hydrogens is 278 g/mol. The van der Waals surface area contributed by atoms with Gasteiger partial charge in [-0.2, -0.15) is 0 Å². The summed E-state index contributed by atoms with van der Waals surface area (Å²) in [5.74, 6) is -0.756. The number of ether oxygens (including phenoxy) is 1. The highest BCUT2D eigenvalue weighted by molar-refractivity contribution is 7.14. The number of hydrogen-bond acceptors (Lipinski definition) is 4. The van der Waals surface area contributed by atoms with Gasteiger partial charge in [0.1, 0.15) is 0 Å². The van der Waals surface area contributed by atoms with Crippen molar-refractivity contribution in [3.8, 4) is 0 Å². The Morgan fingerprint density at radius 1 is 1.55 bits per heavy atom. The maximum absolute atomic E-state index is 12.1. The van der Waals surface area contributed by atoms with E-state index in [0.29, 0.717) is 17.4 Å². The van der Waals surface area contributed by atoms with E-state index >= 15 is 0 Å². The number of amides is 1. The molecule has 5 nitrogen and oxygen atoms in total. The van der Waals surface area contributed by atoms with Gasteiger partial charge in [-0.15, -0.1) is 11.3 Å². The third-order valence-electron chi connectivity index (χ3n) is 3.27. The highest BCUT2D eigenvalue weighted by Gasteiger charge is 2.24. The van der Waals surface area contributed by atoms with Crippen molar-refractivity contribution in [3.63, 3.8) is 0 Å². The number of rotatable bonds is 5. The Labute approximate surface area is 121 Å². The maximum Gasteiger partial charge on any atom is 0.328 e. The summed E-state index contributed by atoms with van der Waals surface area (Å²) >= 11 is 1.27. The van der Waals surface area contributed by atoms with Crippen LogP contribution in [0.1, 0.15) is 27.9 Å². The Balaban J connectivity index is 1.93. The van der Waals surface area contributed by atoms with E-state index in [9.17, 15) is 9.59 Å². The molecule has 1 aliphatic rings. The summed E-state index contributed by atoms with van der Waals surface area (Å²) in [6, 6.07) is 3.52. The van der Waals surface area contributed by atoms with Crippen LogP contribution in [-0.2, 0) is 9.53 Å². The molecular formula is C14H17NO4S. The lowest BCUT2D eigenvalue weighted by molar-refractivity contribution is -0.131.